The van der Waals surface area contributed by atoms with E-state index in [1.165, 1.54) is 6.08 Å². The highest BCUT2D eigenvalue weighted by Crippen LogP contribution is 2.28. The number of hydrogen-bond acceptors (Lipinski definition) is 5. The average Bonchev–Trinajstić information content (AvgIpc) is 2.85. The largest absolute Gasteiger partial charge is 0.496 e. The molecule has 0 radical (unpaired) electrons. The van der Waals surface area contributed by atoms with E-state index in [1.807, 2.05) is 37.3 Å². The van der Waals surface area contributed by atoms with Gasteiger partial charge in [0.2, 0.25) is 0 Å². The molecule has 1 fully saturated rings. The van der Waals surface area contributed by atoms with Crippen LogP contribution in [0, 0.1) is 0 Å². The van der Waals surface area contributed by atoms with E-state index in [0.717, 1.165) is 16.0 Å². The van der Waals surface area contributed by atoms with E-state index >= 15 is 0 Å². The summed E-state index contributed by atoms with van der Waals surface area (Å²) in [5, 5.41) is 2.89. The molecule has 8 heteroatoms. The third kappa shape index (κ3) is 5.20. The Kier molecular flexibility index (Phi) is 7.17. The van der Waals surface area contributed by atoms with Crippen LogP contribution in [0.3, 0.4) is 0 Å². The van der Waals surface area contributed by atoms with E-state index in [2.05, 4.69) is 5.32 Å². The maximum atomic E-state index is 13.2. The first-order valence-corrected chi connectivity index (χ1v) is 11.3. The summed E-state index contributed by atoms with van der Waals surface area (Å²) >= 11 is 6.29. The Bertz CT molecular complexity index is 1320. The topological polar surface area (TPSA) is 84.9 Å². The number of amides is 4. The van der Waals surface area contributed by atoms with E-state index in [0.29, 0.717) is 40.8 Å². The van der Waals surface area contributed by atoms with Gasteiger partial charge in [0.25, 0.3) is 11.8 Å². The van der Waals surface area contributed by atoms with Crippen molar-refractivity contribution in [2.24, 2.45) is 0 Å². The lowest BCUT2D eigenvalue weighted by atomic mass is 10.0. The smallest absolute Gasteiger partial charge is 0.335 e. The molecule has 178 valence electrons. The molecule has 1 aliphatic heterocycles. The lowest BCUT2D eigenvalue weighted by molar-refractivity contribution is -0.122. The number of hydrogen-bond donors (Lipinski definition) is 1. The fourth-order valence-corrected chi connectivity index (χ4v) is 3.96. The highest BCUT2D eigenvalue weighted by molar-refractivity contribution is 6.39. The number of barbiturate groups is 1. The molecule has 1 heterocycles. The number of ether oxygens (including phenoxy) is 2. The van der Waals surface area contributed by atoms with Crippen molar-refractivity contribution in [1.82, 2.24) is 5.32 Å². The van der Waals surface area contributed by atoms with Crippen LogP contribution < -0.4 is 19.7 Å². The Labute approximate surface area is 207 Å². The number of methoxy groups -OCH3 is 1. The zero-order valence-corrected chi connectivity index (χ0v) is 20.0. The molecule has 1 aliphatic rings. The van der Waals surface area contributed by atoms with Crippen LogP contribution >= 0.6 is 11.6 Å². The van der Waals surface area contributed by atoms with Crippen LogP contribution in [0.1, 0.15) is 23.6 Å². The van der Waals surface area contributed by atoms with E-state index in [-0.39, 0.29) is 5.57 Å². The van der Waals surface area contributed by atoms with Gasteiger partial charge >= 0.3 is 6.03 Å². The first kappa shape index (κ1) is 24.0. The van der Waals surface area contributed by atoms with Crippen LogP contribution in [0.2, 0.25) is 5.02 Å². The SMILES string of the molecule is CCOc1ccc(N2C(=O)NC(=O)/C(=C\c3ccc(Cc4ccccc4Cl)c(OC)c3)C2=O)cc1. The quantitative estimate of drug-likeness (QED) is 0.372. The molecule has 35 heavy (non-hydrogen) atoms. The average molecular weight is 491 g/mol. The van der Waals surface area contributed by atoms with Gasteiger partial charge < -0.3 is 9.47 Å². The van der Waals surface area contributed by atoms with E-state index < -0.39 is 17.8 Å². The summed E-state index contributed by atoms with van der Waals surface area (Å²) in [6.07, 6.45) is 1.99. The molecule has 1 saturated heterocycles. The first-order valence-electron chi connectivity index (χ1n) is 11.0. The van der Waals surface area contributed by atoms with Crippen molar-refractivity contribution in [1.29, 1.82) is 0 Å². The van der Waals surface area contributed by atoms with Gasteiger partial charge in [-0.05, 0) is 66.1 Å². The fraction of sp³-hybridized carbons (Fsp3) is 0.148. The summed E-state index contributed by atoms with van der Waals surface area (Å²) in [5.41, 5.74) is 2.57. The molecule has 1 N–H and O–H groups in total. The zero-order chi connectivity index (χ0) is 24.9. The Hall–Kier alpha value is -4.10. The summed E-state index contributed by atoms with van der Waals surface area (Å²) in [4.78, 5) is 39.1. The van der Waals surface area contributed by atoms with Crippen LogP contribution in [0.25, 0.3) is 6.08 Å². The Morgan fingerprint density at radius 3 is 2.40 bits per heavy atom. The number of rotatable bonds is 7. The Morgan fingerprint density at radius 2 is 1.71 bits per heavy atom. The number of carbonyl (C=O) groups excluding carboxylic acids is 3. The second-order valence-corrected chi connectivity index (χ2v) is 8.13. The number of urea groups is 1. The van der Waals surface area contributed by atoms with Crippen LogP contribution in [-0.2, 0) is 16.0 Å². The molecular weight excluding hydrogens is 468 g/mol. The monoisotopic (exact) mass is 490 g/mol. The third-order valence-electron chi connectivity index (χ3n) is 5.47. The van der Waals surface area contributed by atoms with Gasteiger partial charge in [-0.2, -0.15) is 0 Å². The third-order valence-corrected chi connectivity index (χ3v) is 5.84. The van der Waals surface area contributed by atoms with Gasteiger partial charge in [-0.1, -0.05) is 41.9 Å². The van der Waals surface area contributed by atoms with Gasteiger partial charge in [0.05, 0.1) is 19.4 Å². The summed E-state index contributed by atoms with van der Waals surface area (Å²) < 4.78 is 11.0. The molecule has 3 aromatic rings. The molecule has 0 aliphatic carbocycles. The van der Waals surface area contributed by atoms with Crippen LogP contribution in [0.5, 0.6) is 11.5 Å². The summed E-state index contributed by atoms with van der Waals surface area (Å²) in [7, 11) is 1.55. The zero-order valence-electron chi connectivity index (χ0n) is 19.2. The minimum absolute atomic E-state index is 0.167. The first-order chi connectivity index (χ1) is 16.9. The predicted octanol–water partition coefficient (Wildman–Crippen LogP) is 5.00. The second kappa shape index (κ2) is 10.4. The van der Waals surface area contributed by atoms with E-state index in [4.69, 9.17) is 21.1 Å². The van der Waals surface area contributed by atoms with Gasteiger partial charge in [0.15, 0.2) is 0 Å². The number of imide groups is 2. The van der Waals surface area contributed by atoms with Crippen molar-refractivity contribution in [3.05, 3.63) is 94.0 Å². The number of anilines is 1. The number of benzene rings is 3. The molecule has 7 nitrogen and oxygen atoms in total. The highest BCUT2D eigenvalue weighted by Gasteiger charge is 2.36. The number of halogens is 1. The van der Waals surface area contributed by atoms with Crippen molar-refractivity contribution in [3.63, 3.8) is 0 Å². The van der Waals surface area contributed by atoms with Crippen LogP contribution in [0.15, 0.2) is 72.3 Å². The van der Waals surface area contributed by atoms with Gasteiger partial charge in [-0.25, -0.2) is 9.69 Å². The van der Waals surface area contributed by atoms with Crippen molar-refractivity contribution in [3.8, 4) is 11.5 Å². The molecule has 0 aromatic heterocycles. The number of nitrogens with one attached hydrogen (secondary N) is 1. The van der Waals surface area contributed by atoms with Gasteiger partial charge in [-0.15, -0.1) is 0 Å². The second-order valence-electron chi connectivity index (χ2n) is 7.72. The molecule has 3 aromatic carbocycles. The van der Waals surface area contributed by atoms with Crippen molar-refractivity contribution in [2.45, 2.75) is 13.3 Å². The Morgan fingerprint density at radius 1 is 0.971 bits per heavy atom. The van der Waals surface area contributed by atoms with Crippen molar-refractivity contribution >= 4 is 41.2 Å². The predicted molar refractivity (Wildman–Crippen MR) is 134 cm³/mol. The lowest BCUT2D eigenvalue weighted by Crippen LogP contribution is -2.54. The van der Waals surface area contributed by atoms with Gasteiger partial charge in [-0.3, -0.25) is 14.9 Å². The van der Waals surface area contributed by atoms with E-state index in [9.17, 15) is 14.4 Å². The normalized spacial score (nSPS) is 14.8. The molecule has 0 spiro atoms. The molecule has 0 atom stereocenters. The fourth-order valence-electron chi connectivity index (χ4n) is 3.76. The van der Waals surface area contributed by atoms with Gasteiger partial charge in [0, 0.05) is 11.4 Å². The molecular formula is C27H23ClN2O5. The van der Waals surface area contributed by atoms with Crippen LogP contribution in [-0.4, -0.2) is 31.6 Å². The molecule has 4 amide bonds. The number of nitrogens with zero attached hydrogens (tertiary/aromatic N) is 1. The summed E-state index contributed by atoms with van der Waals surface area (Å²) in [6, 6.07) is 18.6. The molecule has 0 bridgehead atoms. The summed E-state index contributed by atoms with van der Waals surface area (Å²) in [6.45, 7) is 2.35. The minimum Gasteiger partial charge on any atom is -0.496 e. The lowest BCUT2D eigenvalue weighted by Gasteiger charge is -2.26. The van der Waals surface area contributed by atoms with Crippen molar-refractivity contribution < 1.29 is 23.9 Å². The maximum Gasteiger partial charge on any atom is 0.335 e. The van der Waals surface area contributed by atoms with Crippen LogP contribution in [0.4, 0.5) is 10.5 Å². The molecule has 4 rings (SSSR count). The highest BCUT2D eigenvalue weighted by atomic mass is 35.5. The summed E-state index contributed by atoms with van der Waals surface area (Å²) in [5.74, 6) is -0.289. The standard InChI is InChI=1S/C27H23ClN2O5/c1-3-35-21-12-10-20(11-13-21)30-26(32)22(25(31)29-27(30)33)14-17-8-9-19(24(15-17)34-2)16-18-6-4-5-7-23(18)28/h4-15H,3,16H2,1-2H3,(H,29,31,33)/b22-14+. The van der Waals surface area contributed by atoms with Crippen molar-refractivity contribution in [2.75, 3.05) is 18.6 Å². The van der Waals surface area contributed by atoms with E-state index in [1.54, 1.807) is 43.5 Å². The van der Waals surface area contributed by atoms with Gasteiger partial charge in [0.1, 0.15) is 17.1 Å². The number of carbonyl (C=O) groups is 3. The Balaban J connectivity index is 1.63. The maximum absolute atomic E-state index is 13.2. The molecule has 0 unspecified atom stereocenters. The molecule has 0 saturated carbocycles. The minimum atomic E-state index is -0.811.